The summed E-state index contributed by atoms with van der Waals surface area (Å²) in [7, 11) is 1.67. The van der Waals surface area contributed by atoms with Crippen LogP contribution in [0.1, 0.15) is 39.6 Å². The smallest absolute Gasteiger partial charge is 0.338 e. The quantitative estimate of drug-likeness (QED) is 0.349. The first-order valence-electron chi connectivity index (χ1n) is 11.9. The van der Waals surface area contributed by atoms with Crippen molar-refractivity contribution in [2.75, 3.05) is 13.7 Å². The van der Waals surface area contributed by atoms with E-state index in [9.17, 15) is 14.7 Å². The zero-order valence-electron chi connectivity index (χ0n) is 20.7. The molecule has 3 heterocycles. The Morgan fingerprint density at radius 3 is 2.81 bits per heavy atom. The maximum Gasteiger partial charge on any atom is 0.338 e. The Bertz CT molecular complexity index is 1580. The average Bonchev–Trinajstić information content (AvgIpc) is 3.30. The number of methoxy groups -OCH3 is 1. The molecule has 1 N–H and O–H groups in total. The third kappa shape index (κ3) is 4.86. The molecule has 1 atom stereocenters. The van der Waals surface area contributed by atoms with E-state index in [0.29, 0.717) is 40.8 Å². The molecule has 192 valence electrons. The van der Waals surface area contributed by atoms with Crippen LogP contribution in [0, 0.1) is 13.8 Å². The Balaban J connectivity index is 1.46. The van der Waals surface area contributed by atoms with Gasteiger partial charge in [0, 0.05) is 46.3 Å². The lowest BCUT2D eigenvalue weighted by atomic mass is 9.94. The number of halogens is 1. The van der Waals surface area contributed by atoms with Crippen molar-refractivity contribution in [1.82, 2.24) is 14.5 Å². The van der Waals surface area contributed by atoms with E-state index >= 15 is 0 Å². The van der Waals surface area contributed by atoms with Gasteiger partial charge in [0.05, 0.1) is 34.1 Å². The van der Waals surface area contributed by atoms with Gasteiger partial charge in [-0.15, -0.1) is 11.3 Å². The molecule has 1 aliphatic rings. The number of fused-ring (bicyclic) bond motifs is 2. The molecule has 3 aromatic heterocycles. The zero-order valence-corrected chi connectivity index (χ0v) is 22.3. The predicted molar refractivity (Wildman–Crippen MR) is 143 cm³/mol. The zero-order chi connectivity index (χ0) is 26.3. The van der Waals surface area contributed by atoms with Crippen LogP contribution in [-0.2, 0) is 24.1 Å². The van der Waals surface area contributed by atoms with Gasteiger partial charge in [-0.25, -0.2) is 9.78 Å². The highest BCUT2D eigenvalue weighted by Gasteiger charge is 2.24. The Labute approximate surface area is 222 Å². The number of benzene rings is 1. The third-order valence-electron chi connectivity index (χ3n) is 6.69. The fraction of sp³-hybridized carbons (Fsp3) is 0.333. The number of rotatable bonds is 7. The van der Waals surface area contributed by atoms with Gasteiger partial charge in [0.25, 0.3) is 5.56 Å². The number of aromatic carboxylic acids is 1. The van der Waals surface area contributed by atoms with Gasteiger partial charge >= 0.3 is 5.97 Å². The van der Waals surface area contributed by atoms with E-state index < -0.39 is 5.97 Å². The van der Waals surface area contributed by atoms with Crippen molar-refractivity contribution < 1.29 is 19.4 Å². The first kappa shape index (κ1) is 25.4. The maximum absolute atomic E-state index is 13.3. The number of aryl methyl sites for hydroxylation is 3. The molecule has 37 heavy (non-hydrogen) atoms. The highest BCUT2D eigenvalue weighted by atomic mass is 35.5. The molecule has 0 bridgehead atoms. The summed E-state index contributed by atoms with van der Waals surface area (Å²) in [4.78, 5) is 34.1. The molecule has 0 saturated carbocycles. The SMILES string of the molecule is COC1CCc2nc(C)n(CCOc3ccc(Cl)cc3-c3cc(C)nc4c(C(=O)O)csc34)c(=O)c2C1. The molecule has 0 fully saturated rings. The normalized spacial score (nSPS) is 15.1. The lowest BCUT2D eigenvalue weighted by molar-refractivity contribution is 0.0699. The minimum atomic E-state index is -1.02. The van der Waals surface area contributed by atoms with Crippen molar-refractivity contribution in [3.63, 3.8) is 0 Å². The van der Waals surface area contributed by atoms with Crippen molar-refractivity contribution in [3.8, 4) is 16.9 Å². The topological polar surface area (TPSA) is 104 Å². The second-order valence-corrected chi connectivity index (χ2v) is 10.4. The van der Waals surface area contributed by atoms with Crippen LogP contribution in [-0.4, -0.2) is 45.4 Å². The lowest BCUT2D eigenvalue weighted by Crippen LogP contribution is -2.35. The van der Waals surface area contributed by atoms with Crippen LogP contribution in [0.4, 0.5) is 0 Å². The van der Waals surface area contributed by atoms with E-state index in [1.165, 1.54) is 11.3 Å². The largest absolute Gasteiger partial charge is 0.491 e. The molecule has 0 spiro atoms. The average molecular weight is 540 g/mol. The fourth-order valence-corrected chi connectivity index (χ4v) is 6.02. The number of aromatic nitrogens is 3. The number of ether oxygens (including phenoxy) is 2. The Morgan fingerprint density at radius 2 is 2.05 bits per heavy atom. The van der Waals surface area contributed by atoms with E-state index in [1.807, 2.05) is 19.9 Å². The summed E-state index contributed by atoms with van der Waals surface area (Å²) in [6, 6.07) is 7.23. The Kier molecular flexibility index (Phi) is 7.02. The molecule has 1 unspecified atom stereocenters. The van der Waals surface area contributed by atoms with Gasteiger partial charge in [0.1, 0.15) is 18.2 Å². The van der Waals surface area contributed by atoms with Crippen LogP contribution in [0.5, 0.6) is 5.75 Å². The maximum atomic E-state index is 13.3. The molecule has 8 nitrogen and oxygen atoms in total. The van der Waals surface area contributed by atoms with Crippen molar-refractivity contribution in [1.29, 1.82) is 0 Å². The molecular formula is C27H26ClN3O5S. The van der Waals surface area contributed by atoms with Gasteiger partial charge in [-0.1, -0.05) is 11.6 Å². The molecule has 10 heteroatoms. The number of carbonyl (C=O) groups is 1. The van der Waals surface area contributed by atoms with E-state index in [-0.39, 0.29) is 23.8 Å². The molecule has 0 radical (unpaired) electrons. The second-order valence-electron chi connectivity index (χ2n) is 9.07. The van der Waals surface area contributed by atoms with Gasteiger partial charge < -0.3 is 14.6 Å². The second kappa shape index (κ2) is 10.2. The van der Waals surface area contributed by atoms with Crippen molar-refractivity contribution in [3.05, 3.63) is 73.4 Å². The molecule has 1 aromatic carbocycles. The minimum absolute atomic E-state index is 0.0329. The van der Waals surface area contributed by atoms with Crippen LogP contribution in [0.3, 0.4) is 0 Å². The van der Waals surface area contributed by atoms with Crippen LogP contribution >= 0.6 is 22.9 Å². The van der Waals surface area contributed by atoms with Crippen LogP contribution in [0.2, 0.25) is 5.02 Å². The van der Waals surface area contributed by atoms with E-state index in [0.717, 1.165) is 39.9 Å². The number of pyridine rings is 1. The van der Waals surface area contributed by atoms with E-state index in [1.54, 1.807) is 35.3 Å². The number of carboxylic acid groups (broad SMARTS) is 1. The first-order chi connectivity index (χ1) is 17.8. The highest BCUT2D eigenvalue weighted by Crippen LogP contribution is 2.40. The van der Waals surface area contributed by atoms with Gasteiger partial charge in [-0.2, -0.15) is 0 Å². The molecule has 5 rings (SSSR count). The van der Waals surface area contributed by atoms with Crippen molar-refractivity contribution >= 4 is 39.1 Å². The number of thiophene rings is 1. The summed E-state index contributed by atoms with van der Waals surface area (Å²) in [6.07, 6.45) is 2.20. The molecule has 0 amide bonds. The molecule has 1 aliphatic carbocycles. The van der Waals surface area contributed by atoms with Crippen LogP contribution in [0.15, 0.2) is 34.4 Å². The van der Waals surface area contributed by atoms with Gasteiger partial charge in [-0.05, 0) is 51.0 Å². The number of nitrogens with zero attached hydrogens (tertiary/aromatic N) is 3. The monoisotopic (exact) mass is 539 g/mol. The van der Waals surface area contributed by atoms with Gasteiger partial charge in [0.15, 0.2) is 0 Å². The number of carboxylic acids is 1. The Morgan fingerprint density at radius 1 is 1.24 bits per heavy atom. The summed E-state index contributed by atoms with van der Waals surface area (Å²) in [5, 5.41) is 11.7. The number of hydrogen-bond acceptors (Lipinski definition) is 7. The Hall–Kier alpha value is -3.27. The van der Waals surface area contributed by atoms with Crippen LogP contribution in [0.25, 0.3) is 21.3 Å². The van der Waals surface area contributed by atoms with Crippen LogP contribution < -0.4 is 10.3 Å². The summed E-state index contributed by atoms with van der Waals surface area (Å²) in [5.41, 5.74) is 4.36. The molecule has 4 aromatic rings. The molecule has 0 aliphatic heterocycles. The first-order valence-corrected chi connectivity index (χ1v) is 13.2. The predicted octanol–water partition coefficient (Wildman–Crippen LogP) is 5.07. The minimum Gasteiger partial charge on any atom is -0.491 e. The summed E-state index contributed by atoms with van der Waals surface area (Å²) in [6.45, 7) is 4.23. The highest BCUT2D eigenvalue weighted by molar-refractivity contribution is 7.18. The van der Waals surface area contributed by atoms with Crippen molar-refractivity contribution in [2.45, 2.75) is 45.8 Å². The standard InChI is InChI=1S/C27H26ClN3O5S/c1-14-10-19(25-24(29-14)21(13-37-25)27(33)34)18-11-16(28)4-7-23(18)36-9-8-31-15(2)30-22-6-5-17(35-3)12-20(22)26(31)32/h4,7,10-11,13,17H,5-6,8-9,12H2,1-3H3,(H,33,34). The van der Waals surface area contributed by atoms with E-state index in [4.69, 9.17) is 21.1 Å². The summed E-state index contributed by atoms with van der Waals surface area (Å²) < 4.78 is 14.1. The summed E-state index contributed by atoms with van der Waals surface area (Å²) >= 11 is 7.67. The lowest BCUT2D eigenvalue weighted by Gasteiger charge is -2.24. The molecule has 0 saturated heterocycles. The van der Waals surface area contributed by atoms with Gasteiger partial charge in [0.2, 0.25) is 0 Å². The number of hydrogen-bond donors (Lipinski definition) is 1. The summed E-state index contributed by atoms with van der Waals surface area (Å²) in [5.74, 6) is 0.220. The van der Waals surface area contributed by atoms with Gasteiger partial charge in [-0.3, -0.25) is 14.3 Å². The van der Waals surface area contributed by atoms with E-state index in [2.05, 4.69) is 9.97 Å². The van der Waals surface area contributed by atoms with Crippen molar-refractivity contribution in [2.24, 2.45) is 0 Å². The third-order valence-corrected chi connectivity index (χ3v) is 7.93. The fourth-order valence-electron chi connectivity index (χ4n) is 4.83. The molecular weight excluding hydrogens is 514 g/mol.